The van der Waals surface area contributed by atoms with Crippen molar-refractivity contribution < 1.29 is 14.3 Å². The van der Waals surface area contributed by atoms with Crippen LogP contribution in [0.1, 0.15) is 41.3 Å². The first-order valence-corrected chi connectivity index (χ1v) is 8.80. The molecule has 0 fully saturated rings. The summed E-state index contributed by atoms with van der Waals surface area (Å²) in [6.45, 7) is 1.56. The Morgan fingerprint density at radius 1 is 1.04 bits per heavy atom. The van der Waals surface area contributed by atoms with Crippen LogP contribution in [-0.4, -0.2) is 18.0 Å². The fraction of sp³-hybridized carbons (Fsp3) is 0.300. The number of hydrogen-bond acceptors (Lipinski definition) is 3. The lowest BCUT2D eigenvalue weighted by Gasteiger charge is -2.17. The summed E-state index contributed by atoms with van der Waals surface area (Å²) in [6, 6.07) is 12.4. The Kier molecular flexibility index (Phi) is 5.39. The largest absolute Gasteiger partial charge is 0.449 e. The van der Waals surface area contributed by atoms with Crippen LogP contribution in [-0.2, 0) is 22.4 Å². The number of aryl methyl sites for hydroxylation is 2. The highest BCUT2D eigenvalue weighted by atomic mass is 35.5. The Morgan fingerprint density at radius 3 is 2.44 bits per heavy atom. The SMILES string of the molecule is C[C@@H](OC(=O)c1ccc2c(c1)CCCC2)C(=O)Nc1ccc(Cl)cc1. The smallest absolute Gasteiger partial charge is 0.338 e. The van der Waals surface area contributed by atoms with Crippen molar-refractivity contribution in [3.8, 4) is 0 Å². The second-order valence-corrected chi connectivity index (χ2v) is 6.67. The lowest BCUT2D eigenvalue weighted by atomic mass is 9.90. The molecule has 4 nitrogen and oxygen atoms in total. The van der Waals surface area contributed by atoms with Gasteiger partial charge in [-0.25, -0.2) is 4.79 Å². The number of halogens is 1. The van der Waals surface area contributed by atoms with Gasteiger partial charge in [0.25, 0.3) is 5.91 Å². The number of rotatable bonds is 4. The normalized spacial score (nSPS) is 14.3. The summed E-state index contributed by atoms with van der Waals surface area (Å²) in [5, 5.41) is 3.29. The third-order valence-corrected chi connectivity index (χ3v) is 4.60. The summed E-state index contributed by atoms with van der Waals surface area (Å²) in [7, 11) is 0. The molecule has 5 heteroatoms. The van der Waals surface area contributed by atoms with Crippen molar-refractivity contribution in [2.75, 3.05) is 5.32 Å². The van der Waals surface area contributed by atoms with E-state index in [-0.39, 0.29) is 5.91 Å². The summed E-state index contributed by atoms with van der Waals surface area (Å²) in [6.07, 6.45) is 3.50. The van der Waals surface area contributed by atoms with E-state index in [2.05, 4.69) is 5.32 Å². The predicted octanol–water partition coefficient (Wildman–Crippen LogP) is 4.40. The van der Waals surface area contributed by atoms with Crippen LogP contribution in [0.25, 0.3) is 0 Å². The van der Waals surface area contributed by atoms with Gasteiger partial charge in [-0.2, -0.15) is 0 Å². The van der Waals surface area contributed by atoms with Gasteiger partial charge in [-0.3, -0.25) is 4.79 Å². The number of amides is 1. The fourth-order valence-corrected chi connectivity index (χ4v) is 3.05. The van der Waals surface area contributed by atoms with Crippen molar-refractivity contribution in [1.29, 1.82) is 0 Å². The van der Waals surface area contributed by atoms with E-state index >= 15 is 0 Å². The maximum Gasteiger partial charge on any atom is 0.338 e. The van der Waals surface area contributed by atoms with Crippen molar-refractivity contribution in [2.24, 2.45) is 0 Å². The zero-order chi connectivity index (χ0) is 17.8. The second kappa shape index (κ2) is 7.70. The molecule has 0 spiro atoms. The number of anilines is 1. The first kappa shape index (κ1) is 17.5. The first-order chi connectivity index (χ1) is 12.0. The molecule has 25 heavy (non-hydrogen) atoms. The Balaban J connectivity index is 1.61. The van der Waals surface area contributed by atoms with Crippen molar-refractivity contribution in [3.05, 3.63) is 64.2 Å². The van der Waals surface area contributed by atoms with Gasteiger partial charge in [-0.15, -0.1) is 0 Å². The minimum absolute atomic E-state index is 0.381. The summed E-state index contributed by atoms with van der Waals surface area (Å²) in [5.41, 5.74) is 3.60. The highest BCUT2D eigenvalue weighted by Crippen LogP contribution is 2.23. The number of ether oxygens (including phenoxy) is 1. The molecule has 0 saturated heterocycles. The van der Waals surface area contributed by atoms with E-state index in [1.54, 1.807) is 37.3 Å². The van der Waals surface area contributed by atoms with E-state index in [1.807, 2.05) is 12.1 Å². The van der Waals surface area contributed by atoms with Crippen molar-refractivity contribution in [3.63, 3.8) is 0 Å². The molecule has 0 bridgehead atoms. The molecule has 1 amide bonds. The fourth-order valence-electron chi connectivity index (χ4n) is 2.92. The molecular formula is C20H20ClNO3. The van der Waals surface area contributed by atoms with Crippen LogP contribution in [0.3, 0.4) is 0 Å². The van der Waals surface area contributed by atoms with Crippen LogP contribution in [0, 0.1) is 0 Å². The highest BCUT2D eigenvalue weighted by Gasteiger charge is 2.20. The minimum Gasteiger partial charge on any atom is -0.449 e. The number of hydrogen-bond donors (Lipinski definition) is 1. The van der Waals surface area contributed by atoms with Crippen LogP contribution in [0.15, 0.2) is 42.5 Å². The molecule has 1 atom stereocenters. The molecule has 1 N–H and O–H groups in total. The second-order valence-electron chi connectivity index (χ2n) is 6.23. The Morgan fingerprint density at radius 2 is 1.72 bits per heavy atom. The number of carbonyl (C=O) groups excluding carboxylic acids is 2. The van der Waals surface area contributed by atoms with E-state index in [4.69, 9.17) is 16.3 Å². The standard InChI is InChI=1S/C20H20ClNO3/c1-13(19(23)22-18-10-8-17(21)9-11-18)25-20(24)16-7-6-14-4-2-3-5-15(14)12-16/h6-13H,2-5H2,1H3,(H,22,23)/t13-/m1/s1. The molecule has 1 aliphatic rings. The van der Waals surface area contributed by atoms with Gasteiger partial charge < -0.3 is 10.1 Å². The molecule has 0 aliphatic heterocycles. The average molecular weight is 358 g/mol. The quantitative estimate of drug-likeness (QED) is 0.825. The number of carbonyl (C=O) groups is 2. The molecule has 0 radical (unpaired) electrons. The first-order valence-electron chi connectivity index (χ1n) is 8.42. The Hall–Kier alpha value is -2.33. The Bertz CT molecular complexity index is 786. The van der Waals surface area contributed by atoms with Gasteiger partial charge in [0.15, 0.2) is 6.10 Å². The lowest BCUT2D eigenvalue weighted by molar-refractivity contribution is -0.123. The molecule has 3 rings (SSSR count). The summed E-state index contributed by atoms with van der Waals surface area (Å²) < 4.78 is 5.31. The summed E-state index contributed by atoms with van der Waals surface area (Å²) >= 11 is 5.82. The van der Waals surface area contributed by atoms with E-state index in [0.29, 0.717) is 16.3 Å². The summed E-state index contributed by atoms with van der Waals surface area (Å²) in [5.74, 6) is -0.860. The van der Waals surface area contributed by atoms with E-state index in [9.17, 15) is 9.59 Å². The van der Waals surface area contributed by atoms with Gasteiger partial charge >= 0.3 is 5.97 Å². The molecule has 0 heterocycles. The molecule has 2 aromatic rings. The van der Waals surface area contributed by atoms with Gasteiger partial charge in [0.05, 0.1) is 5.56 Å². The van der Waals surface area contributed by atoms with Crippen LogP contribution < -0.4 is 5.32 Å². The maximum absolute atomic E-state index is 12.3. The maximum atomic E-state index is 12.3. The molecule has 0 saturated carbocycles. The van der Waals surface area contributed by atoms with Crippen LogP contribution in [0.2, 0.25) is 5.02 Å². The third-order valence-electron chi connectivity index (χ3n) is 4.35. The molecule has 2 aromatic carbocycles. The Labute approximate surface area is 152 Å². The van der Waals surface area contributed by atoms with Gasteiger partial charge in [-0.05, 0) is 80.1 Å². The molecule has 130 valence electrons. The van der Waals surface area contributed by atoms with E-state index in [1.165, 1.54) is 17.5 Å². The number of esters is 1. The lowest BCUT2D eigenvalue weighted by Crippen LogP contribution is -2.30. The zero-order valence-corrected chi connectivity index (χ0v) is 14.8. The molecule has 1 aliphatic carbocycles. The van der Waals surface area contributed by atoms with E-state index in [0.717, 1.165) is 19.3 Å². The van der Waals surface area contributed by atoms with E-state index < -0.39 is 12.1 Å². The third kappa shape index (κ3) is 4.40. The number of nitrogens with one attached hydrogen (secondary N) is 1. The molecular weight excluding hydrogens is 338 g/mol. The number of benzene rings is 2. The average Bonchev–Trinajstić information content (AvgIpc) is 2.63. The predicted molar refractivity (Wildman–Crippen MR) is 98.0 cm³/mol. The van der Waals surface area contributed by atoms with Crippen LogP contribution in [0.4, 0.5) is 5.69 Å². The van der Waals surface area contributed by atoms with Crippen LogP contribution in [0.5, 0.6) is 0 Å². The van der Waals surface area contributed by atoms with Crippen molar-refractivity contribution in [2.45, 2.75) is 38.7 Å². The molecule has 0 aromatic heterocycles. The monoisotopic (exact) mass is 357 g/mol. The van der Waals surface area contributed by atoms with Gasteiger partial charge in [-0.1, -0.05) is 17.7 Å². The highest BCUT2D eigenvalue weighted by molar-refractivity contribution is 6.30. The zero-order valence-electron chi connectivity index (χ0n) is 14.0. The van der Waals surface area contributed by atoms with Crippen molar-refractivity contribution in [1.82, 2.24) is 0 Å². The summed E-state index contributed by atoms with van der Waals surface area (Å²) in [4.78, 5) is 24.5. The van der Waals surface area contributed by atoms with Crippen molar-refractivity contribution >= 4 is 29.2 Å². The van der Waals surface area contributed by atoms with Crippen LogP contribution >= 0.6 is 11.6 Å². The molecule has 0 unspecified atom stereocenters. The van der Waals surface area contributed by atoms with Gasteiger partial charge in [0.2, 0.25) is 0 Å². The topological polar surface area (TPSA) is 55.4 Å². The minimum atomic E-state index is -0.890. The van der Waals surface area contributed by atoms with Gasteiger partial charge in [0.1, 0.15) is 0 Å². The van der Waals surface area contributed by atoms with Gasteiger partial charge in [0, 0.05) is 10.7 Å². The number of fused-ring (bicyclic) bond motifs is 1.